The Morgan fingerprint density at radius 1 is 1.31 bits per heavy atom. The SMILES string of the molecule is COc1ccc(C(=O)O/N=C(\N)C2C=CC(c3nc(C(F)(F)F)cn3C)=CC2C)c(F)c1. The summed E-state index contributed by atoms with van der Waals surface area (Å²) in [5, 5.41) is 3.61. The first-order valence-corrected chi connectivity index (χ1v) is 9.40. The van der Waals surface area contributed by atoms with Crippen LogP contribution in [0.1, 0.15) is 28.8 Å². The number of hydrogen-bond donors (Lipinski definition) is 1. The topological polar surface area (TPSA) is 91.7 Å². The predicted molar refractivity (Wildman–Crippen MR) is 108 cm³/mol. The smallest absolute Gasteiger partial charge is 0.434 e. The molecule has 2 N–H and O–H groups in total. The number of allylic oxidation sites excluding steroid dienone is 3. The van der Waals surface area contributed by atoms with E-state index in [9.17, 15) is 22.4 Å². The van der Waals surface area contributed by atoms with Gasteiger partial charge in [0, 0.05) is 30.8 Å². The molecule has 32 heavy (non-hydrogen) atoms. The molecule has 2 unspecified atom stereocenters. The van der Waals surface area contributed by atoms with E-state index in [1.165, 1.54) is 30.9 Å². The number of halogens is 4. The van der Waals surface area contributed by atoms with Crippen LogP contribution in [0.2, 0.25) is 0 Å². The molecule has 0 saturated heterocycles. The number of oxime groups is 1. The summed E-state index contributed by atoms with van der Waals surface area (Å²) < 4.78 is 58.9. The van der Waals surface area contributed by atoms with Gasteiger partial charge < -0.3 is 19.9 Å². The number of methoxy groups -OCH3 is 1. The molecule has 7 nitrogen and oxygen atoms in total. The van der Waals surface area contributed by atoms with Crippen molar-refractivity contribution in [3.05, 3.63) is 65.5 Å². The Bertz CT molecular complexity index is 1120. The van der Waals surface area contributed by atoms with Gasteiger partial charge in [0.25, 0.3) is 0 Å². The Balaban J connectivity index is 1.72. The van der Waals surface area contributed by atoms with E-state index in [0.29, 0.717) is 5.57 Å². The lowest BCUT2D eigenvalue weighted by Crippen LogP contribution is -2.29. The molecule has 170 valence electrons. The van der Waals surface area contributed by atoms with Crippen LogP contribution in [-0.4, -0.2) is 28.5 Å². The van der Waals surface area contributed by atoms with Gasteiger partial charge in [0.05, 0.1) is 12.7 Å². The zero-order chi connectivity index (χ0) is 23.6. The standard InChI is InChI=1S/C21H20F4N4O3/c1-11-8-12(19-27-17(10-29(19)2)21(23,24)25)4-6-14(11)18(26)28-32-20(30)15-7-5-13(31-3)9-16(15)22/h4-11,14H,1-3H3,(H2,26,28). The lowest BCUT2D eigenvalue weighted by atomic mass is 9.86. The maximum absolute atomic E-state index is 14.0. The van der Waals surface area contributed by atoms with Crippen LogP contribution in [0.15, 0.2) is 47.8 Å². The molecule has 1 aromatic carbocycles. The number of imidazole rings is 1. The van der Waals surface area contributed by atoms with E-state index in [2.05, 4.69) is 10.1 Å². The highest BCUT2D eigenvalue weighted by atomic mass is 19.4. The second kappa shape index (κ2) is 8.85. The molecule has 11 heteroatoms. The number of rotatable bonds is 5. The fourth-order valence-corrected chi connectivity index (χ4v) is 3.21. The van der Waals surface area contributed by atoms with Crippen molar-refractivity contribution in [2.24, 2.45) is 29.8 Å². The van der Waals surface area contributed by atoms with Gasteiger partial charge in [0.1, 0.15) is 23.2 Å². The van der Waals surface area contributed by atoms with Crippen molar-refractivity contribution >= 4 is 17.4 Å². The van der Waals surface area contributed by atoms with Crippen LogP contribution >= 0.6 is 0 Å². The number of nitrogens with two attached hydrogens (primary N) is 1. The van der Waals surface area contributed by atoms with E-state index in [1.54, 1.807) is 25.2 Å². The maximum atomic E-state index is 14.0. The lowest BCUT2D eigenvalue weighted by Gasteiger charge is -2.22. The van der Waals surface area contributed by atoms with Gasteiger partial charge in [-0.15, -0.1) is 0 Å². The van der Waals surface area contributed by atoms with E-state index in [0.717, 1.165) is 12.3 Å². The van der Waals surface area contributed by atoms with Crippen LogP contribution in [0, 0.1) is 17.7 Å². The first-order chi connectivity index (χ1) is 15.0. The third kappa shape index (κ3) is 4.82. The Morgan fingerprint density at radius 2 is 2.03 bits per heavy atom. The highest BCUT2D eigenvalue weighted by Crippen LogP contribution is 2.32. The number of aromatic nitrogens is 2. The van der Waals surface area contributed by atoms with E-state index in [1.807, 2.05) is 0 Å². The van der Waals surface area contributed by atoms with Gasteiger partial charge in [-0.05, 0) is 18.1 Å². The third-order valence-corrected chi connectivity index (χ3v) is 4.89. The van der Waals surface area contributed by atoms with Gasteiger partial charge in [0.15, 0.2) is 5.69 Å². The van der Waals surface area contributed by atoms with Gasteiger partial charge in [-0.1, -0.05) is 30.3 Å². The van der Waals surface area contributed by atoms with Crippen LogP contribution in [-0.2, 0) is 18.1 Å². The molecule has 2 atom stereocenters. The Hall–Kier alpha value is -3.63. The average Bonchev–Trinajstić information content (AvgIpc) is 3.13. The van der Waals surface area contributed by atoms with E-state index < -0.39 is 29.6 Å². The quantitative estimate of drug-likeness (QED) is 0.244. The molecule has 1 aromatic heterocycles. The van der Waals surface area contributed by atoms with Crippen molar-refractivity contribution in [1.29, 1.82) is 0 Å². The number of hydrogen-bond acceptors (Lipinski definition) is 5. The summed E-state index contributed by atoms with van der Waals surface area (Å²) in [4.78, 5) is 20.5. The summed E-state index contributed by atoms with van der Waals surface area (Å²) in [5.41, 5.74) is 5.09. The molecule has 0 radical (unpaired) electrons. The van der Waals surface area contributed by atoms with Gasteiger partial charge in [-0.3, -0.25) is 0 Å². The number of benzene rings is 1. The highest BCUT2D eigenvalue weighted by molar-refractivity contribution is 5.92. The first-order valence-electron chi connectivity index (χ1n) is 9.40. The second-order valence-corrected chi connectivity index (χ2v) is 7.17. The molecular formula is C21H20F4N4O3. The zero-order valence-corrected chi connectivity index (χ0v) is 17.4. The molecule has 1 heterocycles. The fourth-order valence-electron chi connectivity index (χ4n) is 3.21. The summed E-state index contributed by atoms with van der Waals surface area (Å²) >= 11 is 0. The third-order valence-electron chi connectivity index (χ3n) is 4.89. The van der Waals surface area contributed by atoms with Crippen LogP contribution in [0.4, 0.5) is 17.6 Å². The molecule has 1 aliphatic carbocycles. The van der Waals surface area contributed by atoms with Crippen molar-refractivity contribution in [1.82, 2.24) is 9.55 Å². The lowest BCUT2D eigenvalue weighted by molar-refractivity contribution is -0.141. The van der Waals surface area contributed by atoms with Crippen molar-refractivity contribution in [3.63, 3.8) is 0 Å². The minimum Gasteiger partial charge on any atom is -0.497 e. The number of amidine groups is 1. The minimum absolute atomic E-state index is 0.0536. The first kappa shape index (κ1) is 23.0. The monoisotopic (exact) mass is 452 g/mol. The Labute approximate surface area is 180 Å². The van der Waals surface area contributed by atoms with Crippen molar-refractivity contribution in [2.45, 2.75) is 13.1 Å². The van der Waals surface area contributed by atoms with Crippen LogP contribution in [0.3, 0.4) is 0 Å². The molecule has 2 aromatic rings. The summed E-state index contributed by atoms with van der Waals surface area (Å²) in [7, 11) is 2.83. The number of carbonyl (C=O) groups excluding carboxylic acids is 1. The molecule has 0 saturated carbocycles. The number of aryl methyl sites for hydroxylation is 1. The molecule has 0 bridgehead atoms. The van der Waals surface area contributed by atoms with Gasteiger partial charge in [0.2, 0.25) is 0 Å². The summed E-state index contributed by atoms with van der Waals surface area (Å²) in [6, 6.07) is 3.62. The molecule has 3 rings (SSSR count). The highest BCUT2D eigenvalue weighted by Gasteiger charge is 2.35. The predicted octanol–water partition coefficient (Wildman–Crippen LogP) is 3.92. The van der Waals surface area contributed by atoms with Crippen LogP contribution < -0.4 is 10.5 Å². The number of ether oxygens (including phenoxy) is 1. The van der Waals surface area contributed by atoms with Gasteiger partial charge in [-0.25, -0.2) is 14.2 Å². The molecule has 1 aliphatic rings. The summed E-state index contributed by atoms with van der Waals surface area (Å²) in [5.74, 6) is -2.32. The normalized spacial score (nSPS) is 19.0. The van der Waals surface area contributed by atoms with Gasteiger partial charge in [-0.2, -0.15) is 13.2 Å². The zero-order valence-electron chi connectivity index (χ0n) is 17.4. The summed E-state index contributed by atoms with van der Waals surface area (Å²) in [6.45, 7) is 1.77. The fraction of sp³-hybridized carbons (Fsp3) is 0.286. The Morgan fingerprint density at radius 3 is 2.59 bits per heavy atom. The molecule has 0 aliphatic heterocycles. The average molecular weight is 452 g/mol. The van der Waals surface area contributed by atoms with Crippen LogP contribution in [0.5, 0.6) is 5.75 Å². The number of carbonyl (C=O) groups is 1. The van der Waals surface area contributed by atoms with E-state index >= 15 is 0 Å². The second-order valence-electron chi connectivity index (χ2n) is 7.17. The molecular weight excluding hydrogens is 432 g/mol. The molecule has 0 amide bonds. The van der Waals surface area contributed by atoms with Crippen molar-refractivity contribution in [3.8, 4) is 5.75 Å². The summed E-state index contributed by atoms with van der Waals surface area (Å²) in [6.07, 6.45) is 1.26. The molecule has 0 fully saturated rings. The minimum atomic E-state index is -4.55. The van der Waals surface area contributed by atoms with Crippen molar-refractivity contribution < 1.29 is 31.9 Å². The number of alkyl halides is 3. The van der Waals surface area contributed by atoms with Crippen molar-refractivity contribution in [2.75, 3.05) is 7.11 Å². The Kier molecular flexibility index (Phi) is 6.37. The molecule has 0 spiro atoms. The number of nitrogens with zero attached hydrogens (tertiary/aromatic N) is 3. The van der Waals surface area contributed by atoms with E-state index in [-0.39, 0.29) is 28.9 Å². The largest absolute Gasteiger partial charge is 0.497 e. The van der Waals surface area contributed by atoms with E-state index in [4.69, 9.17) is 15.3 Å². The maximum Gasteiger partial charge on any atom is 0.434 e. The van der Waals surface area contributed by atoms with Crippen LogP contribution in [0.25, 0.3) is 5.57 Å². The van der Waals surface area contributed by atoms with Gasteiger partial charge >= 0.3 is 12.1 Å².